The lowest BCUT2D eigenvalue weighted by Crippen LogP contribution is -2.18. The van der Waals surface area contributed by atoms with E-state index in [1.54, 1.807) is 6.07 Å². The van der Waals surface area contributed by atoms with Gasteiger partial charge in [-0.2, -0.15) is 5.26 Å². The normalized spacial score (nSPS) is 11.7. The van der Waals surface area contributed by atoms with Crippen LogP contribution in [-0.2, 0) is 13.0 Å². The molecule has 108 valence electrons. The highest BCUT2D eigenvalue weighted by Crippen LogP contribution is 2.24. The zero-order valence-electron chi connectivity index (χ0n) is 11.8. The first-order valence-electron chi connectivity index (χ1n) is 6.75. The third kappa shape index (κ3) is 4.32. The van der Waals surface area contributed by atoms with Crippen molar-refractivity contribution in [1.29, 1.82) is 5.26 Å². The minimum atomic E-state index is 0.0934. The molecule has 0 amide bonds. The van der Waals surface area contributed by atoms with Gasteiger partial charge in [0.15, 0.2) is 0 Å². The first-order valence-corrected chi connectivity index (χ1v) is 7.54. The maximum Gasteiger partial charge on any atom is 0.120 e. The lowest BCUT2D eigenvalue weighted by Gasteiger charge is -2.12. The highest BCUT2D eigenvalue weighted by Gasteiger charge is 2.06. The van der Waals surface area contributed by atoms with Crippen LogP contribution in [0.5, 0.6) is 5.75 Å². The number of benzene rings is 2. The van der Waals surface area contributed by atoms with Crippen LogP contribution in [-0.4, -0.2) is 6.04 Å². The van der Waals surface area contributed by atoms with E-state index >= 15 is 0 Å². The molecular weight excluding hydrogens is 328 g/mol. The van der Waals surface area contributed by atoms with Crippen LogP contribution in [0.4, 0.5) is 0 Å². The lowest BCUT2D eigenvalue weighted by molar-refractivity contribution is 0.305. The molecule has 0 spiro atoms. The Kier molecular flexibility index (Phi) is 5.38. The van der Waals surface area contributed by atoms with Crippen LogP contribution in [0.25, 0.3) is 0 Å². The molecule has 2 aromatic rings. The zero-order valence-corrected chi connectivity index (χ0v) is 13.4. The predicted molar refractivity (Wildman–Crippen MR) is 87.0 cm³/mol. The standard InChI is InChI=1S/C17H17BrN2O/c1-12(20)8-15-9-16(6-7-17(15)18)21-11-14-5-3-2-4-13(14)10-19/h2-7,9,12H,8,11,20H2,1H3. The molecule has 0 aliphatic rings. The van der Waals surface area contributed by atoms with Gasteiger partial charge in [-0.25, -0.2) is 0 Å². The summed E-state index contributed by atoms with van der Waals surface area (Å²) in [4.78, 5) is 0. The van der Waals surface area contributed by atoms with Gasteiger partial charge in [0.25, 0.3) is 0 Å². The van der Waals surface area contributed by atoms with E-state index in [9.17, 15) is 0 Å². The van der Waals surface area contributed by atoms with Gasteiger partial charge in [-0.1, -0.05) is 34.1 Å². The summed E-state index contributed by atoms with van der Waals surface area (Å²) >= 11 is 3.52. The van der Waals surface area contributed by atoms with Gasteiger partial charge >= 0.3 is 0 Å². The number of rotatable bonds is 5. The van der Waals surface area contributed by atoms with Crippen molar-refractivity contribution in [2.45, 2.75) is 26.0 Å². The molecule has 4 heteroatoms. The van der Waals surface area contributed by atoms with Gasteiger partial charge in [0.2, 0.25) is 0 Å². The van der Waals surface area contributed by atoms with Gasteiger partial charge in [0, 0.05) is 16.1 Å². The molecule has 0 fully saturated rings. The Morgan fingerprint density at radius 1 is 1.24 bits per heavy atom. The Morgan fingerprint density at radius 3 is 2.71 bits per heavy atom. The highest BCUT2D eigenvalue weighted by molar-refractivity contribution is 9.10. The van der Waals surface area contributed by atoms with Crippen molar-refractivity contribution in [1.82, 2.24) is 0 Å². The molecule has 1 atom stereocenters. The van der Waals surface area contributed by atoms with Crippen molar-refractivity contribution in [3.63, 3.8) is 0 Å². The summed E-state index contributed by atoms with van der Waals surface area (Å²) in [6.45, 7) is 2.35. The lowest BCUT2D eigenvalue weighted by atomic mass is 10.1. The number of hydrogen-bond acceptors (Lipinski definition) is 3. The first-order chi connectivity index (χ1) is 10.1. The summed E-state index contributed by atoms with van der Waals surface area (Å²) < 4.78 is 6.83. The third-order valence-electron chi connectivity index (χ3n) is 3.09. The van der Waals surface area contributed by atoms with Gasteiger partial charge in [-0.3, -0.25) is 0 Å². The van der Waals surface area contributed by atoms with Crippen molar-refractivity contribution in [3.8, 4) is 11.8 Å². The van der Waals surface area contributed by atoms with E-state index in [0.29, 0.717) is 12.2 Å². The summed E-state index contributed by atoms with van der Waals surface area (Å²) in [5, 5.41) is 9.07. The second-order valence-corrected chi connectivity index (χ2v) is 5.85. The van der Waals surface area contributed by atoms with E-state index < -0.39 is 0 Å². The van der Waals surface area contributed by atoms with Crippen LogP contribution in [0.15, 0.2) is 46.9 Å². The van der Waals surface area contributed by atoms with E-state index in [1.807, 2.05) is 43.3 Å². The number of nitriles is 1. The zero-order chi connectivity index (χ0) is 15.2. The minimum Gasteiger partial charge on any atom is -0.489 e. The molecule has 0 saturated heterocycles. The second kappa shape index (κ2) is 7.26. The summed E-state index contributed by atoms with van der Waals surface area (Å²) in [7, 11) is 0. The quantitative estimate of drug-likeness (QED) is 0.897. The van der Waals surface area contributed by atoms with E-state index in [1.165, 1.54) is 0 Å². The van der Waals surface area contributed by atoms with Crippen molar-refractivity contribution >= 4 is 15.9 Å². The Bertz CT molecular complexity index is 662. The van der Waals surface area contributed by atoms with Gasteiger partial charge in [0.1, 0.15) is 12.4 Å². The van der Waals surface area contributed by atoms with Crippen molar-refractivity contribution in [2.75, 3.05) is 0 Å². The minimum absolute atomic E-state index is 0.0934. The molecule has 0 aromatic heterocycles. The number of halogens is 1. The second-order valence-electron chi connectivity index (χ2n) is 4.99. The molecule has 0 aliphatic heterocycles. The molecular formula is C17H17BrN2O. The molecule has 0 bridgehead atoms. The SMILES string of the molecule is CC(N)Cc1cc(OCc2ccccc2C#N)ccc1Br. The first kappa shape index (κ1) is 15.6. The third-order valence-corrected chi connectivity index (χ3v) is 3.86. The monoisotopic (exact) mass is 344 g/mol. The molecule has 3 nitrogen and oxygen atoms in total. The Balaban J connectivity index is 2.12. The average Bonchev–Trinajstić information content (AvgIpc) is 2.48. The number of nitrogens with two attached hydrogens (primary N) is 1. The van der Waals surface area contributed by atoms with Gasteiger partial charge in [-0.05, 0) is 43.2 Å². The van der Waals surface area contributed by atoms with E-state index in [-0.39, 0.29) is 6.04 Å². The molecule has 2 aromatic carbocycles. The summed E-state index contributed by atoms with van der Waals surface area (Å²) in [5.74, 6) is 0.779. The molecule has 1 unspecified atom stereocenters. The fraction of sp³-hybridized carbons (Fsp3) is 0.235. The van der Waals surface area contributed by atoms with Gasteiger partial charge in [0.05, 0.1) is 11.6 Å². The van der Waals surface area contributed by atoms with Gasteiger partial charge in [-0.15, -0.1) is 0 Å². The average molecular weight is 345 g/mol. The Hall–Kier alpha value is -1.83. The molecule has 0 radical (unpaired) electrons. The molecule has 2 rings (SSSR count). The fourth-order valence-electron chi connectivity index (χ4n) is 2.06. The van der Waals surface area contributed by atoms with Crippen LogP contribution < -0.4 is 10.5 Å². The Labute approximate surface area is 133 Å². The molecule has 21 heavy (non-hydrogen) atoms. The van der Waals surface area contributed by atoms with Crippen LogP contribution in [0.2, 0.25) is 0 Å². The van der Waals surface area contributed by atoms with Crippen molar-refractivity contribution < 1.29 is 4.74 Å². The van der Waals surface area contributed by atoms with Crippen LogP contribution in [0.3, 0.4) is 0 Å². The molecule has 0 saturated carbocycles. The van der Waals surface area contributed by atoms with E-state index in [0.717, 1.165) is 27.8 Å². The van der Waals surface area contributed by atoms with Crippen LogP contribution in [0, 0.1) is 11.3 Å². The maximum atomic E-state index is 9.07. The van der Waals surface area contributed by atoms with Crippen LogP contribution >= 0.6 is 15.9 Å². The van der Waals surface area contributed by atoms with Crippen LogP contribution in [0.1, 0.15) is 23.6 Å². The summed E-state index contributed by atoms with van der Waals surface area (Å²) in [6, 6.07) is 15.6. The van der Waals surface area contributed by atoms with Crippen molar-refractivity contribution in [3.05, 3.63) is 63.6 Å². The number of nitrogens with zero attached hydrogens (tertiary/aromatic N) is 1. The summed E-state index contributed by atoms with van der Waals surface area (Å²) in [6.07, 6.45) is 0.784. The van der Waals surface area contributed by atoms with Gasteiger partial charge < -0.3 is 10.5 Å². The smallest absolute Gasteiger partial charge is 0.120 e. The molecule has 0 heterocycles. The largest absolute Gasteiger partial charge is 0.489 e. The molecule has 2 N–H and O–H groups in total. The highest BCUT2D eigenvalue weighted by atomic mass is 79.9. The number of ether oxygens (including phenoxy) is 1. The molecule has 0 aliphatic carbocycles. The van der Waals surface area contributed by atoms with E-state index in [4.69, 9.17) is 15.7 Å². The summed E-state index contributed by atoms with van der Waals surface area (Å²) in [5.41, 5.74) is 8.50. The predicted octanol–water partition coefficient (Wildman–Crippen LogP) is 3.79. The number of hydrogen-bond donors (Lipinski definition) is 1. The maximum absolute atomic E-state index is 9.07. The van der Waals surface area contributed by atoms with E-state index in [2.05, 4.69) is 22.0 Å². The topological polar surface area (TPSA) is 59.0 Å². The van der Waals surface area contributed by atoms with Crippen molar-refractivity contribution in [2.24, 2.45) is 5.73 Å². The Morgan fingerprint density at radius 2 is 2.00 bits per heavy atom. The fourth-order valence-corrected chi connectivity index (χ4v) is 2.47.